The number of aliphatic hydroxyl groups excluding tert-OH is 1. The minimum Gasteiger partial charge on any atom is -0.475 e. The van der Waals surface area contributed by atoms with E-state index in [1.807, 2.05) is 0 Å². The van der Waals surface area contributed by atoms with Crippen molar-refractivity contribution in [3.63, 3.8) is 0 Å². The van der Waals surface area contributed by atoms with E-state index >= 15 is 0 Å². The van der Waals surface area contributed by atoms with Gasteiger partial charge in [0.1, 0.15) is 11.9 Å². The van der Waals surface area contributed by atoms with Crippen molar-refractivity contribution in [2.75, 3.05) is 6.54 Å². The van der Waals surface area contributed by atoms with Gasteiger partial charge in [-0.15, -0.1) is 0 Å². The Morgan fingerprint density at radius 2 is 1.74 bits per heavy atom. The molecule has 11 heteroatoms. The third-order valence-corrected chi connectivity index (χ3v) is 5.89. The quantitative estimate of drug-likeness (QED) is 0.388. The standard InChI is InChI=1S/C27H30ClNO9/c1-16(29(25(35)38-26(2,3)4)14-21(30)18-8-6-10-20(28)13-18)11-17-7-5-9-19(12-17)22-15-36-27(37-22,23(31)32)24(33)34/h5-10,12-13,15-16,21,30H,11,14H2,1-4H3,(H,31,32)(H,33,34)/t16-,21-/m1/s1. The van der Waals surface area contributed by atoms with Crippen molar-refractivity contribution in [3.05, 3.63) is 76.5 Å². The monoisotopic (exact) mass is 547 g/mol. The number of hydrogen-bond donors (Lipinski definition) is 3. The summed E-state index contributed by atoms with van der Waals surface area (Å²) in [5.74, 6) is -6.52. The van der Waals surface area contributed by atoms with E-state index in [1.165, 1.54) is 4.90 Å². The number of aliphatic hydroxyl groups is 1. The lowest BCUT2D eigenvalue weighted by molar-refractivity contribution is -0.207. The van der Waals surface area contributed by atoms with Gasteiger partial charge in [0, 0.05) is 16.6 Å². The van der Waals surface area contributed by atoms with Crippen LogP contribution in [-0.2, 0) is 30.2 Å². The molecule has 0 aromatic heterocycles. The smallest absolute Gasteiger partial charge is 0.452 e. The molecule has 1 aliphatic heterocycles. The van der Waals surface area contributed by atoms with Crippen LogP contribution in [0, 0.1) is 0 Å². The van der Waals surface area contributed by atoms with E-state index in [0.717, 1.165) is 11.8 Å². The topological polar surface area (TPSA) is 143 Å². The molecule has 10 nitrogen and oxygen atoms in total. The zero-order chi connectivity index (χ0) is 28.3. The van der Waals surface area contributed by atoms with Crippen molar-refractivity contribution < 1.29 is 43.9 Å². The molecular weight excluding hydrogens is 518 g/mol. The lowest BCUT2D eigenvalue weighted by Gasteiger charge is -2.33. The van der Waals surface area contributed by atoms with E-state index in [4.69, 9.17) is 25.8 Å². The Labute approximate surface area is 225 Å². The number of hydrogen-bond acceptors (Lipinski definition) is 7. The number of halogens is 1. The first-order valence-electron chi connectivity index (χ1n) is 11.8. The minimum absolute atomic E-state index is 0.0576. The molecule has 0 spiro atoms. The number of nitrogens with zero attached hydrogens (tertiary/aromatic N) is 1. The van der Waals surface area contributed by atoms with Gasteiger partial charge in [-0.1, -0.05) is 41.9 Å². The number of aliphatic carboxylic acids is 2. The van der Waals surface area contributed by atoms with Crippen LogP contribution >= 0.6 is 11.6 Å². The molecule has 3 N–H and O–H groups in total. The van der Waals surface area contributed by atoms with E-state index < -0.39 is 41.6 Å². The van der Waals surface area contributed by atoms with E-state index in [2.05, 4.69) is 0 Å². The highest BCUT2D eigenvalue weighted by molar-refractivity contribution is 6.30. The molecule has 0 unspecified atom stereocenters. The highest BCUT2D eigenvalue weighted by Gasteiger charge is 2.56. The third kappa shape index (κ3) is 6.76. The van der Waals surface area contributed by atoms with E-state index in [0.29, 0.717) is 22.6 Å². The summed E-state index contributed by atoms with van der Waals surface area (Å²) in [7, 11) is 0. The summed E-state index contributed by atoms with van der Waals surface area (Å²) in [6.07, 6.45) is -0.361. The Balaban J connectivity index is 1.81. The molecule has 0 radical (unpaired) electrons. The fourth-order valence-electron chi connectivity index (χ4n) is 3.81. The van der Waals surface area contributed by atoms with Crippen LogP contribution in [0.25, 0.3) is 5.76 Å². The molecule has 0 saturated carbocycles. The maximum absolute atomic E-state index is 13.1. The number of amides is 1. The minimum atomic E-state index is -2.86. The second kappa shape index (κ2) is 11.3. The van der Waals surface area contributed by atoms with Crippen LogP contribution in [0.1, 0.15) is 50.5 Å². The van der Waals surface area contributed by atoms with Gasteiger partial charge in [-0.3, -0.25) is 0 Å². The Hall–Kier alpha value is -3.76. The molecule has 2 atom stereocenters. The van der Waals surface area contributed by atoms with Crippen molar-refractivity contribution in [2.45, 2.75) is 57.6 Å². The Bertz CT molecular complexity index is 1220. The summed E-state index contributed by atoms with van der Waals surface area (Å²) in [6, 6.07) is 13.0. The number of benzene rings is 2. The van der Waals surface area contributed by atoms with E-state index in [9.17, 15) is 29.7 Å². The normalized spacial score (nSPS) is 15.9. The van der Waals surface area contributed by atoms with Crippen LogP contribution in [0.4, 0.5) is 4.79 Å². The number of carboxylic acid groups (broad SMARTS) is 2. The van der Waals surface area contributed by atoms with Crippen molar-refractivity contribution in [2.24, 2.45) is 0 Å². The predicted molar refractivity (Wildman–Crippen MR) is 137 cm³/mol. The van der Waals surface area contributed by atoms with Gasteiger partial charge >= 0.3 is 23.8 Å². The highest BCUT2D eigenvalue weighted by Crippen LogP contribution is 2.33. The first-order chi connectivity index (χ1) is 17.7. The largest absolute Gasteiger partial charge is 0.475 e. The average Bonchev–Trinajstić information content (AvgIpc) is 3.29. The molecule has 204 valence electrons. The fraction of sp³-hybridized carbons (Fsp3) is 0.370. The van der Waals surface area contributed by atoms with Crippen LogP contribution in [0.5, 0.6) is 0 Å². The molecule has 1 heterocycles. The summed E-state index contributed by atoms with van der Waals surface area (Å²) in [5, 5.41) is 29.9. The second-order valence-corrected chi connectivity index (χ2v) is 10.3. The zero-order valence-electron chi connectivity index (χ0n) is 21.4. The first kappa shape index (κ1) is 28.8. The summed E-state index contributed by atoms with van der Waals surface area (Å²) in [5.41, 5.74) is 0.907. The number of rotatable bonds is 9. The van der Waals surface area contributed by atoms with Gasteiger partial charge in [-0.05, 0) is 63.4 Å². The van der Waals surface area contributed by atoms with Crippen molar-refractivity contribution in [1.82, 2.24) is 4.90 Å². The van der Waals surface area contributed by atoms with Crippen LogP contribution in [0.3, 0.4) is 0 Å². The Kier molecular flexibility index (Phi) is 8.58. The lowest BCUT2D eigenvalue weighted by Crippen LogP contribution is -2.47. The molecule has 0 saturated heterocycles. The second-order valence-electron chi connectivity index (χ2n) is 9.89. The molecule has 3 rings (SSSR count). The number of carbonyl (C=O) groups excluding carboxylic acids is 1. The van der Waals surface area contributed by atoms with Crippen LogP contribution in [0.2, 0.25) is 5.02 Å². The van der Waals surface area contributed by atoms with Gasteiger partial charge in [-0.2, -0.15) is 0 Å². The SMILES string of the molecule is C[C@H](Cc1cccc(C2=COC(C(=O)O)(C(=O)O)O2)c1)N(C[C@@H](O)c1cccc(Cl)c1)C(=O)OC(C)(C)C. The summed E-state index contributed by atoms with van der Waals surface area (Å²) in [4.78, 5) is 37.5. The molecule has 38 heavy (non-hydrogen) atoms. The molecule has 0 aliphatic carbocycles. The maximum Gasteiger partial charge on any atom is 0.452 e. The first-order valence-corrected chi connectivity index (χ1v) is 12.2. The fourth-order valence-corrected chi connectivity index (χ4v) is 4.01. The van der Waals surface area contributed by atoms with Crippen LogP contribution in [-0.4, -0.2) is 62.2 Å². The molecule has 2 aromatic carbocycles. The van der Waals surface area contributed by atoms with Crippen molar-refractivity contribution >= 4 is 35.4 Å². The highest BCUT2D eigenvalue weighted by atomic mass is 35.5. The Morgan fingerprint density at radius 3 is 2.32 bits per heavy atom. The molecule has 0 fully saturated rings. The van der Waals surface area contributed by atoms with Crippen molar-refractivity contribution in [1.29, 1.82) is 0 Å². The molecule has 1 aliphatic rings. The molecule has 1 amide bonds. The maximum atomic E-state index is 13.1. The van der Waals surface area contributed by atoms with Gasteiger partial charge in [0.05, 0.1) is 12.6 Å². The lowest BCUT2D eigenvalue weighted by atomic mass is 10.0. The average molecular weight is 548 g/mol. The number of carbonyl (C=O) groups is 3. The summed E-state index contributed by atoms with van der Waals surface area (Å²) in [6.45, 7) is 6.98. The zero-order valence-corrected chi connectivity index (χ0v) is 22.1. The predicted octanol–water partition coefficient (Wildman–Crippen LogP) is 4.45. The third-order valence-electron chi connectivity index (χ3n) is 5.65. The van der Waals surface area contributed by atoms with E-state index in [-0.39, 0.29) is 12.3 Å². The number of carboxylic acids is 2. The van der Waals surface area contributed by atoms with Gasteiger partial charge < -0.3 is 34.4 Å². The van der Waals surface area contributed by atoms with Gasteiger partial charge in [0.25, 0.3) is 0 Å². The van der Waals surface area contributed by atoms with Gasteiger partial charge in [0.15, 0.2) is 5.76 Å². The van der Waals surface area contributed by atoms with Crippen LogP contribution < -0.4 is 0 Å². The Morgan fingerprint density at radius 1 is 1.08 bits per heavy atom. The van der Waals surface area contributed by atoms with Gasteiger partial charge in [0.2, 0.25) is 0 Å². The summed E-state index contributed by atoms with van der Waals surface area (Å²) < 4.78 is 15.6. The molecule has 0 bridgehead atoms. The number of ether oxygens (including phenoxy) is 3. The molecular formula is C27H30ClNO9. The van der Waals surface area contributed by atoms with Crippen molar-refractivity contribution in [3.8, 4) is 0 Å². The summed E-state index contributed by atoms with van der Waals surface area (Å²) >= 11 is 6.06. The van der Waals surface area contributed by atoms with E-state index in [1.54, 1.807) is 76.2 Å². The molecule has 2 aromatic rings. The van der Waals surface area contributed by atoms with Gasteiger partial charge in [-0.25, -0.2) is 14.4 Å². The van der Waals surface area contributed by atoms with Crippen LogP contribution in [0.15, 0.2) is 54.8 Å².